The van der Waals surface area contributed by atoms with E-state index in [0.29, 0.717) is 18.8 Å². The van der Waals surface area contributed by atoms with Gasteiger partial charge in [-0.2, -0.15) is 4.99 Å². The Morgan fingerprint density at radius 1 is 0.952 bits per heavy atom. The fourth-order valence-electron chi connectivity index (χ4n) is 3.53. The van der Waals surface area contributed by atoms with Crippen LogP contribution in [-0.4, -0.2) is 48.9 Å². The molecule has 0 aromatic heterocycles. The number of rotatable bonds is 0. The summed E-state index contributed by atoms with van der Waals surface area (Å²) in [6.07, 6.45) is 6.39. The summed E-state index contributed by atoms with van der Waals surface area (Å²) in [6, 6.07) is 0. The molecule has 3 rings (SSSR count). The number of hydrogen-bond acceptors (Lipinski definition) is 4. The van der Waals surface area contributed by atoms with Gasteiger partial charge in [0, 0.05) is 19.6 Å². The molecular weight excluding hydrogens is 268 g/mol. The van der Waals surface area contributed by atoms with Gasteiger partial charge < -0.3 is 10.2 Å². The predicted octanol–water partition coefficient (Wildman–Crippen LogP) is 0.635. The summed E-state index contributed by atoms with van der Waals surface area (Å²) in [5, 5.41) is 6.23. The zero-order valence-electron chi connectivity index (χ0n) is 12.5. The second-order valence-corrected chi connectivity index (χ2v) is 6.28. The van der Waals surface area contributed by atoms with E-state index in [1.165, 1.54) is 0 Å². The van der Waals surface area contributed by atoms with Crippen molar-refractivity contribution in [2.75, 3.05) is 26.2 Å². The first-order valence-corrected chi connectivity index (χ1v) is 8.13. The largest absolute Gasteiger partial charge is 0.341 e. The Hall–Kier alpha value is -1.43. The highest BCUT2D eigenvalue weighted by atomic mass is 16.2. The molecule has 1 spiro atoms. The van der Waals surface area contributed by atoms with Gasteiger partial charge in [0.25, 0.3) is 5.91 Å². The van der Waals surface area contributed by atoms with Gasteiger partial charge in [-0.15, -0.1) is 0 Å². The SMILES string of the molecule is O=C1N=C(N2CCCNCC2)NC(=O)C12CCCCCC2. The molecule has 2 amide bonds. The molecule has 3 aliphatic rings. The molecule has 1 saturated carbocycles. The summed E-state index contributed by atoms with van der Waals surface area (Å²) >= 11 is 0. The molecule has 0 bridgehead atoms. The van der Waals surface area contributed by atoms with Crippen molar-refractivity contribution in [3.63, 3.8) is 0 Å². The Balaban J connectivity index is 1.80. The molecular formula is C15H24N4O2. The first kappa shape index (κ1) is 14.5. The van der Waals surface area contributed by atoms with Crippen LogP contribution >= 0.6 is 0 Å². The Kier molecular flexibility index (Phi) is 4.24. The van der Waals surface area contributed by atoms with E-state index in [2.05, 4.69) is 15.6 Å². The number of aliphatic imine (C=N–C) groups is 1. The van der Waals surface area contributed by atoms with Crippen LogP contribution in [0, 0.1) is 5.41 Å². The zero-order valence-corrected chi connectivity index (χ0v) is 12.5. The van der Waals surface area contributed by atoms with Crippen molar-refractivity contribution >= 4 is 17.8 Å². The van der Waals surface area contributed by atoms with Gasteiger partial charge in [0.2, 0.25) is 11.9 Å². The molecule has 2 fully saturated rings. The molecule has 21 heavy (non-hydrogen) atoms. The van der Waals surface area contributed by atoms with Crippen molar-refractivity contribution < 1.29 is 9.59 Å². The van der Waals surface area contributed by atoms with Gasteiger partial charge in [0.15, 0.2) is 0 Å². The lowest BCUT2D eigenvalue weighted by Gasteiger charge is -2.35. The maximum Gasteiger partial charge on any atom is 0.264 e. The van der Waals surface area contributed by atoms with E-state index >= 15 is 0 Å². The van der Waals surface area contributed by atoms with E-state index in [4.69, 9.17) is 0 Å². The second-order valence-electron chi connectivity index (χ2n) is 6.28. The van der Waals surface area contributed by atoms with E-state index in [0.717, 1.165) is 58.3 Å². The molecule has 6 nitrogen and oxygen atoms in total. The highest BCUT2D eigenvalue weighted by Crippen LogP contribution is 2.38. The Morgan fingerprint density at radius 3 is 2.43 bits per heavy atom. The van der Waals surface area contributed by atoms with Gasteiger partial charge in [0.05, 0.1) is 0 Å². The lowest BCUT2D eigenvalue weighted by Crippen LogP contribution is -2.57. The summed E-state index contributed by atoms with van der Waals surface area (Å²) in [6.45, 7) is 3.43. The molecule has 0 radical (unpaired) electrons. The first-order chi connectivity index (χ1) is 10.2. The summed E-state index contributed by atoms with van der Waals surface area (Å²) in [4.78, 5) is 31.5. The van der Waals surface area contributed by atoms with Gasteiger partial charge >= 0.3 is 0 Å². The highest BCUT2D eigenvalue weighted by molar-refractivity contribution is 6.18. The van der Waals surface area contributed by atoms with Crippen molar-refractivity contribution in [3.8, 4) is 0 Å². The topological polar surface area (TPSA) is 73.8 Å². The van der Waals surface area contributed by atoms with Crippen LogP contribution in [0.4, 0.5) is 0 Å². The van der Waals surface area contributed by atoms with Gasteiger partial charge in [-0.1, -0.05) is 25.7 Å². The summed E-state index contributed by atoms with van der Waals surface area (Å²) in [7, 11) is 0. The molecule has 2 aliphatic heterocycles. The van der Waals surface area contributed by atoms with Crippen LogP contribution in [0.2, 0.25) is 0 Å². The van der Waals surface area contributed by atoms with E-state index in [9.17, 15) is 9.59 Å². The average molecular weight is 292 g/mol. The van der Waals surface area contributed by atoms with Crippen molar-refractivity contribution in [2.24, 2.45) is 10.4 Å². The number of nitrogens with zero attached hydrogens (tertiary/aromatic N) is 2. The number of carbonyl (C=O) groups excluding carboxylic acids is 2. The Morgan fingerprint density at radius 2 is 1.71 bits per heavy atom. The predicted molar refractivity (Wildman–Crippen MR) is 79.8 cm³/mol. The third-order valence-electron chi connectivity index (χ3n) is 4.87. The molecule has 0 unspecified atom stereocenters. The smallest absolute Gasteiger partial charge is 0.264 e. The van der Waals surface area contributed by atoms with Crippen LogP contribution in [0.15, 0.2) is 4.99 Å². The van der Waals surface area contributed by atoms with E-state index in [1.807, 2.05) is 4.90 Å². The fourth-order valence-corrected chi connectivity index (χ4v) is 3.53. The summed E-state index contributed by atoms with van der Waals surface area (Å²) < 4.78 is 0. The van der Waals surface area contributed by atoms with E-state index in [-0.39, 0.29) is 11.8 Å². The summed E-state index contributed by atoms with van der Waals surface area (Å²) in [5.41, 5.74) is -0.885. The molecule has 6 heteroatoms. The van der Waals surface area contributed by atoms with Crippen LogP contribution in [0.1, 0.15) is 44.9 Å². The quantitative estimate of drug-likeness (QED) is 0.642. The van der Waals surface area contributed by atoms with Gasteiger partial charge in [-0.25, -0.2) is 0 Å². The van der Waals surface area contributed by atoms with Crippen LogP contribution in [0.5, 0.6) is 0 Å². The number of nitrogens with one attached hydrogen (secondary N) is 2. The summed E-state index contributed by atoms with van der Waals surface area (Å²) in [5.74, 6) is 0.112. The minimum absolute atomic E-state index is 0.128. The van der Waals surface area contributed by atoms with Crippen molar-refractivity contribution in [2.45, 2.75) is 44.9 Å². The van der Waals surface area contributed by atoms with Crippen molar-refractivity contribution in [1.29, 1.82) is 0 Å². The maximum absolute atomic E-state index is 12.6. The minimum atomic E-state index is -0.885. The highest BCUT2D eigenvalue weighted by Gasteiger charge is 2.49. The molecule has 116 valence electrons. The van der Waals surface area contributed by atoms with Gasteiger partial charge in [-0.3, -0.25) is 14.9 Å². The standard InChI is InChI=1S/C15H24N4O2/c20-12-15(6-3-1-2-4-7-15)13(21)18-14(17-12)19-10-5-8-16-9-11-19/h16H,1-11H2,(H,17,18,20,21). The molecule has 1 saturated heterocycles. The maximum atomic E-state index is 12.6. The first-order valence-electron chi connectivity index (χ1n) is 8.13. The third-order valence-corrected chi connectivity index (χ3v) is 4.87. The normalized spacial score (nSPS) is 26.9. The van der Waals surface area contributed by atoms with Crippen molar-refractivity contribution in [1.82, 2.24) is 15.5 Å². The number of amides is 2. The van der Waals surface area contributed by atoms with Crippen LogP contribution < -0.4 is 10.6 Å². The third kappa shape index (κ3) is 2.81. The lowest BCUT2D eigenvalue weighted by atomic mass is 9.78. The minimum Gasteiger partial charge on any atom is -0.341 e. The molecule has 0 aromatic carbocycles. The molecule has 2 heterocycles. The Bertz CT molecular complexity index is 445. The lowest BCUT2D eigenvalue weighted by molar-refractivity contribution is -0.143. The van der Waals surface area contributed by atoms with Crippen molar-refractivity contribution in [3.05, 3.63) is 0 Å². The number of hydrogen-bond donors (Lipinski definition) is 2. The van der Waals surface area contributed by atoms with Gasteiger partial charge in [-0.05, 0) is 25.8 Å². The van der Waals surface area contributed by atoms with E-state index in [1.54, 1.807) is 0 Å². The molecule has 0 aromatic rings. The van der Waals surface area contributed by atoms with Crippen LogP contribution in [0.25, 0.3) is 0 Å². The van der Waals surface area contributed by atoms with Crippen LogP contribution in [-0.2, 0) is 9.59 Å². The molecule has 1 aliphatic carbocycles. The van der Waals surface area contributed by atoms with E-state index < -0.39 is 5.41 Å². The van der Waals surface area contributed by atoms with Gasteiger partial charge in [0.1, 0.15) is 5.41 Å². The molecule has 0 atom stereocenters. The zero-order chi connectivity index (χ0) is 14.7. The second kappa shape index (κ2) is 6.13. The average Bonchev–Trinajstić information content (AvgIpc) is 2.88. The number of guanidine groups is 1. The number of carbonyl (C=O) groups is 2. The van der Waals surface area contributed by atoms with Crippen LogP contribution in [0.3, 0.4) is 0 Å². The Labute approximate surface area is 125 Å². The monoisotopic (exact) mass is 292 g/mol. The fraction of sp³-hybridized carbons (Fsp3) is 0.800. The molecule has 2 N–H and O–H groups in total.